The number of hydrogen-bond donors (Lipinski definition) is 1. The Morgan fingerprint density at radius 2 is 1.61 bits per heavy atom. The quantitative estimate of drug-likeness (QED) is 0.711. The van der Waals surface area contributed by atoms with Crippen LogP contribution in [0.15, 0.2) is 53.5 Å². The molecule has 1 N–H and O–H groups in total. The monoisotopic (exact) mass is 376 g/mol. The molecule has 2 aromatic carbocycles. The molecule has 0 bridgehead atoms. The summed E-state index contributed by atoms with van der Waals surface area (Å²) in [5.41, 5.74) is 3.33. The summed E-state index contributed by atoms with van der Waals surface area (Å²) in [6, 6.07) is 14.9. The van der Waals surface area contributed by atoms with Gasteiger partial charge in [-0.05, 0) is 41.0 Å². The fourth-order valence-electron chi connectivity index (χ4n) is 3.07. The van der Waals surface area contributed by atoms with Crippen molar-refractivity contribution >= 4 is 0 Å². The number of nitriles is 1. The topological polar surface area (TPSA) is 84.3 Å². The van der Waals surface area contributed by atoms with Crippen LogP contribution in [0, 0.1) is 11.3 Å². The Kier molecular flexibility index (Phi) is 5.66. The molecule has 0 amide bonds. The second kappa shape index (κ2) is 8.31. The molecular weight excluding hydrogens is 356 g/mol. The van der Waals surface area contributed by atoms with Crippen molar-refractivity contribution in [3.05, 3.63) is 75.7 Å². The van der Waals surface area contributed by atoms with E-state index in [1.54, 1.807) is 39.7 Å². The number of methoxy groups -OCH3 is 3. The molecule has 142 valence electrons. The van der Waals surface area contributed by atoms with Gasteiger partial charge in [-0.1, -0.05) is 18.2 Å². The number of ether oxygens (including phenoxy) is 3. The lowest BCUT2D eigenvalue weighted by molar-refractivity contribution is 0.324. The minimum atomic E-state index is -0.191. The highest BCUT2D eigenvalue weighted by Crippen LogP contribution is 2.41. The minimum Gasteiger partial charge on any atom is -0.493 e. The van der Waals surface area contributed by atoms with E-state index < -0.39 is 0 Å². The third-order valence-electron chi connectivity index (χ3n) is 4.50. The van der Waals surface area contributed by atoms with Crippen LogP contribution >= 0.6 is 0 Å². The van der Waals surface area contributed by atoms with Crippen LogP contribution in [0.3, 0.4) is 0 Å². The van der Waals surface area contributed by atoms with Gasteiger partial charge in [-0.3, -0.25) is 4.79 Å². The van der Waals surface area contributed by atoms with Crippen molar-refractivity contribution in [3.8, 4) is 34.4 Å². The van der Waals surface area contributed by atoms with Crippen molar-refractivity contribution in [3.63, 3.8) is 0 Å². The van der Waals surface area contributed by atoms with E-state index in [4.69, 9.17) is 14.2 Å². The number of nitrogens with zero attached hydrogens (tertiary/aromatic N) is 1. The fraction of sp³-hybridized carbons (Fsp3) is 0.182. The Morgan fingerprint density at radius 1 is 0.929 bits per heavy atom. The first-order valence-electron chi connectivity index (χ1n) is 8.61. The SMILES string of the molecule is COc1cc(-c2c[nH]c(=O)c(Cc3ccccc3C#N)c2)cc(OC)c1OC. The maximum Gasteiger partial charge on any atom is 0.251 e. The van der Waals surface area contributed by atoms with E-state index in [2.05, 4.69) is 11.1 Å². The molecule has 0 saturated heterocycles. The predicted octanol–water partition coefficient (Wildman–Crippen LogP) is 3.53. The molecule has 0 aliphatic carbocycles. The Bertz CT molecular complexity index is 1070. The third-order valence-corrected chi connectivity index (χ3v) is 4.50. The lowest BCUT2D eigenvalue weighted by Crippen LogP contribution is -2.13. The van der Waals surface area contributed by atoms with Crippen LogP contribution in [0.5, 0.6) is 17.2 Å². The molecule has 1 aromatic heterocycles. The van der Waals surface area contributed by atoms with Crippen molar-refractivity contribution in [1.82, 2.24) is 4.98 Å². The number of H-pyrrole nitrogens is 1. The molecule has 6 heteroatoms. The maximum absolute atomic E-state index is 12.3. The van der Waals surface area contributed by atoms with Crippen LogP contribution < -0.4 is 19.8 Å². The molecule has 0 fully saturated rings. The van der Waals surface area contributed by atoms with Crippen molar-refractivity contribution < 1.29 is 14.2 Å². The standard InChI is InChI=1S/C22H20N2O4/c1-26-19-10-16(11-20(27-2)21(19)28-3)18-9-17(22(25)24-13-18)8-14-6-4-5-7-15(14)12-23/h4-7,9-11,13H,8H2,1-3H3,(H,24,25). The van der Waals surface area contributed by atoms with Gasteiger partial charge >= 0.3 is 0 Å². The number of aromatic nitrogens is 1. The number of pyridine rings is 1. The van der Waals surface area contributed by atoms with Crippen molar-refractivity contribution in [2.75, 3.05) is 21.3 Å². The van der Waals surface area contributed by atoms with Gasteiger partial charge in [0.25, 0.3) is 5.56 Å². The first-order chi connectivity index (χ1) is 13.6. The van der Waals surface area contributed by atoms with E-state index in [1.165, 1.54) is 0 Å². The molecule has 0 spiro atoms. The lowest BCUT2D eigenvalue weighted by atomic mass is 9.98. The zero-order valence-corrected chi connectivity index (χ0v) is 15.9. The molecule has 0 saturated carbocycles. The summed E-state index contributed by atoms with van der Waals surface area (Å²) in [6.07, 6.45) is 2.00. The third kappa shape index (κ3) is 3.69. The van der Waals surface area contributed by atoms with Crippen molar-refractivity contribution in [1.29, 1.82) is 5.26 Å². The molecule has 3 rings (SSSR count). The van der Waals surface area contributed by atoms with Crippen LogP contribution in [0.25, 0.3) is 11.1 Å². The Balaban J connectivity index is 2.07. The average molecular weight is 376 g/mol. The van der Waals surface area contributed by atoms with Crippen LogP contribution in [-0.4, -0.2) is 26.3 Å². The first-order valence-corrected chi connectivity index (χ1v) is 8.61. The van der Waals surface area contributed by atoms with E-state index in [1.807, 2.05) is 30.3 Å². The van der Waals surface area contributed by atoms with E-state index in [9.17, 15) is 10.1 Å². The summed E-state index contributed by atoms with van der Waals surface area (Å²) >= 11 is 0. The highest BCUT2D eigenvalue weighted by molar-refractivity contribution is 5.71. The largest absolute Gasteiger partial charge is 0.493 e. The molecule has 6 nitrogen and oxygen atoms in total. The van der Waals surface area contributed by atoms with Crippen LogP contribution in [0.1, 0.15) is 16.7 Å². The number of rotatable bonds is 6. The normalized spacial score (nSPS) is 10.2. The van der Waals surface area contributed by atoms with Gasteiger partial charge in [-0.2, -0.15) is 5.26 Å². The van der Waals surface area contributed by atoms with E-state index in [0.29, 0.717) is 34.8 Å². The van der Waals surface area contributed by atoms with Gasteiger partial charge in [-0.15, -0.1) is 0 Å². The van der Waals surface area contributed by atoms with Crippen LogP contribution in [0.2, 0.25) is 0 Å². The van der Waals surface area contributed by atoms with Gasteiger partial charge in [0, 0.05) is 18.2 Å². The second-order valence-corrected chi connectivity index (χ2v) is 6.10. The smallest absolute Gasteiger partial charge is 0.251 e. The number of nitrogens with one attached hydrogen (secondary N) is 1. The molecule has 28 heavy (non-hydrogen) atoms. The van der Waals surface area contributed by atoms with Gasteiger partial charge in [0.1, 0.15) is 0 Å². The van der Waals surface area contributed by atoms with E-state index >= 15 is 0 Å². The Morgan fingerprint density at radius 3 is 2.21 bits per heavy atom. The molecule has 3 aromatic rings. The van der Waals surface area contributed by atoms with Crippen LogP contribution in [0.4, 0.5) is 0 Å². The second-order valence-electron chi connectivity index (χ2n) is 6.10. The summed E-state index contributed by atoms with van der Waals surface area (Å²) in [4.78, 5) is 15.1. The Hall–Kier alpha value is -3.72. The summed E-state index contributed by atoms with van der Waals surface area (Å²) in [6.45, 7) is 0. The lowest BCUT2D eigenvalue weighted by Gasteiger charge is -2.14. The molecule has 0 radical (unpaired) electrons. The zero-order chi connectivity index (χ0) is 20.1. The maximum atomic E-state index is 12.3. The summed E-state index contributed by atoms with van der Waals surface area (Å²) in [5, 5.41) is 9.29. The Labute approximate surface area is 162 Å². The van der Waals surface area contributed by atoms with E-state index in [0.717, 1.165) is 16.7 Å². The van der Waals surface area contributed by atoms with Crippen molar-refractivity contribution in [2.45, 2.75) is 6.42 Å². The molecule has 0 aliphatic heterocycles. The molecule has 0 aliphatic rings. The molecule has 0 unspecified atom stereocenters. The van der Waals surface area contributed by atoms with Crippen LogP contribution in [-0.2, 0) is 6.42 Å². The van der Waals surface area contributed by atoms with Gasteiger partial charge in [0.15, 0.2) is 11.5 Å². The first kappa shape index (κ1) is 19.1. The highest BCUT2D eigenvalue weighted by atomic mass is 16.5. The molecule has 1 heterocycles. The minimum absolute atomic E-state index is 0.191. The fourth-order valence-corrected chi connectivity index (χ4v) is 3.07. The number of hydrogen-bond acceptors (Lipinski definition) is 5. The van der Waals surface area contributed by atoms with Gasteiger partial charge in [0.05, 0.1) is 33.0 Å². The van der Waals surface area contributed by atoms with Gasteiger partial charge in [0.2, 0.25) is 5.75 Å². The summed E-state index contributed by atoms with van der Waals surface area (Å²) in [5.74, 6) is 1.56. The average Bonchev–Trinajstić information content (AvgIpc) is 2.74. The molecular formula is C22H20N2O4. The molecule has 0 atom stereocenters. The predicted molar refractivity (Wildman–Crippen MR) is 106 cm³/mol. The number of benzene rings is 2. The van der Waals surface area contributed by atoms with Crippen molar-refractivity contribution in [2.24, 2.45) is 0 Å². The van der Waals surface area contributed by atoms with Gasteiger partial charge < -0.3 is 19.2 Å². The number of aromatic amines is 1. The highest BCUT2D eigenvalue weighted by Gasteiger charge is 2.15. The van der Waals surface area contributed by atoms with E-state index in [-0.39, 0.29) is 5.56 Å². The summed E-state index contributed by atoms with van der Waals surface area (Å²) in [7, 11) is 4.65. The summed E-state index contributed by atoms with van der Waals surface area (Å²) < 4.78 is 16.2. The van der Waals surface area contributed by atoms with Gasteiger partial charge in [-0.25, -0.2) is 0 Å². The zero-order valence-electron chi connectivity index (χ0n) is 15.9.